The van der Waals surface area contributed by atoms with E-state index in [1.165, 1.54) is 0 Å². The molecule has 10 heteroatoms. The predicted molar refractivity (Wildman–Crippen MR) is 135 cm³/mol. The summed E-state index contributed by atoms with van der Waals surface area (Å²) in [4.78, 5) is 28.2. The van der Waals surface area contributed by atoms with Crippen LogP contribution < -0.4 is 5.32 Å². The molecule has 4 aromatic rings. The monoisotopic (exact) mass is 521 g/mol. The van der Waals surface area contributed by atoms with Gasteiger partial charge < -0.3 is 14.7 Å². The molecule has 2 amide bonds. The van der Waals surface area contributed by atoms with Crippen molar-refractivity contribution < 1.29 is 14.1 Å². The summed E-state index contributed by atoms with van der Waals surface area (Å²) < 4.78 is 7.17. The zero-order valence-electron chi connectivity index (χ0n) is 19.1. The number of para-hydroxylation sites is 1. The second-order valence-electron chi connectivity index (χ2n) is 9.01. The number of rotatable bonds is 3. The Bertz CT molecular complexity index is 1480. The molecule has 0 fully saturated rings. The van der Waals surface area contributed by atoms with Crippen LogP contribution in [0.1, 0.15) is 27.2 Å². The number of hydrogen-bond donors (Lipinski definition) is 1. The van der Waals surface area contributed by atoms with E-state index < -0.39 is 0 Å². The van der Waals surface area contributed by atoms with Gasteiger partial charge in [0, 0.05) is 35.3 Å². The van der Waals surface area contributed by atoms with E-state index in [1.807, 2.05) is 35.0 Å². The summed E-state index contributed by atoms with van der Waals surface area (Å²) in [5, 5.41) is 12.8. The van der Waals surface area contributed by atoms with Crippen molar-refractivity contribution in [1.82, 2.24) is 19.8 Å². The van der Waals surface area contributed by atoms with Gasteiger partial charge >= 0.3 is 0 Å². The van der Waals surface area contributed by atoms with E-state index in [1.54, 1.807) is 29.4 Å². The number of fused-ring (bicyclic) bond motifs is 5. The van der Waals surface area contributed by atoms with Gasteiger partial charge in [0.1, 0.15) is 12.0 Å². The molecule has 8 nitrogen and oxygen atoms in total. The number of halogens is 2. The molecule has 36 heavy (non-hydrogen) atoms. The number of benzene rings is 2. The molecule has 2 aromatic heterocycles. The van der Waals surface area contributed by atoms with Crippen molar-refractivity contribution in [2.75, 3.05) is 11.9 Å². The molecule has 1 atom stereocenters. The fraction of sp³-hybridized carbons (Fsp3) is 0.231. The van der Waals surface area contributed by atoms with E-state index in [-0.39, 0.29) is 17.7 Å². The van der Waals surface area contributed by atoms with Crippen LogP contribution >= 0.6 is 23.2 Å². The molecule has 0 saturated carbocycles. The Morgan fingerprint density at radius 1 is 1.08 bits per heavy atom. The molecule has 182 valence electrons. The molecule has 2 aliphatic rings. The Morgan fingerprint density at radius 2 is 1.92 bits per heavy atom. The number of nitrogens with one attached hydrogen (secondary N) is 1. The highest BCUT2D eigenvalue weighted by Crippen LogP contribution is 2.36. The van der Waals surface area contributed by atoms with Gasteiger partial charge in [-0.1, -0.05) is 46.6 Å². The van der Waals surface area contributed by atoms with Gasteiger partial charge in [-0.15, -0.1) is 0 Å². The van der Waals surface area contributed by atoms with Gasteiger partial charge in [-0.25, -0.2) is 0 Å². The highest BCUT2D eigenvalue weighted by atomic mass is 35.5. The minimum atomic E-state index is -0.361. The summed E-state index contributed by atoms with van der Waals surface area (Å²) in [7, 11) is 0. The molecule has 0 bridgehead atoms. The van der Waals surface area contributed by atoms with Gasteiger partial charge in [-0.3, -0.25) is 14.3 Å². The summed E-state index contributed by atoms with van der Waals surface area (Å²) in [6.45, 7) is 1.29. The van der Waals surface area contributed by atoms with Crippen molar-refractivity contribution in [3.63, 3.8) is 0 Å². The van der Waals surface area contributed by atoms with Crippen LogP contribution in [0, 0.1) is 5.92 Å². The molecule has 2 aromatic carbocycles. The molecule has 6 rings (SSSR count). The molecule has 0 aliphatic carbocycles. The SMILES string of the molecule is O=C(Nc1ccccc1)C1Cc2conc2-c2c3c(nn2C1)CCN(C(=O)c1ccc(Cl)c(Cl)c1)C3. The summed E-state index contributed by atoms with van der Waals surface area (Å²) in [5.74, 6) is -0.584. The zero-order chi connectivity index (χ0) is 24.8. The highest BCUT2D eigenvalue weighted by Gasteiger charge is 2.35. The summed E-state index contributed by atoms with van der Waals surface area (Å²) in [6.07, 6.45) is 2.66. The quantitative estimate of drug-likeness (QED) is 0.415. The van der Waals surface area contributed by atoms with Gasteiger partial charge in [-0.05, 0) is 36.8 Å². The van der Waals surface area contributed by atoms with Crippen molar-refractivity contribution in [1.29, 1.82) is 0 Å². The molecule has 2 aliphatic heterocycles. The average molecular weight is 522 g/mol. The molecule has 1 N–H and O–H groups in total. The lowest BCUT2D eigenvalue weighted by molar-refractivity contribution is -0.120. The number of nitrogens with zero attached hydrogens (tertiary/aromatic N) is 4. The smallest absolute Gasteiger partial charge is 0.254 e. The Labute approximate surface area is 216 Å². The van der Waals surface area contributed by atoms with Crippen LogP contribution in [-0.2, 0) is 30.7 Å². The lowest BCUT2D eigenvalue weighted by atomic mass is 9.98. The van der Waals surface area contributed by atoms with Crippen molar-refractivity contribution in [2.24, 2.45) is 5.92 Å². The summed E-state index contributed by atoms with van der Waals surface area (Å²) in [5.41, 5.74) is 5.37. The third kappa shape index (κ3) is 4.06. The number of carbonyl (C=O) groups excluding carboxylic acids is 2. The van der Waals surface area contributed by atoms with Crippen LogP contribution in [-0.4, -0.2) is 38.2 Å². The third-order valence-corrected chi connectivity index (χ3v) is 7.43. The topological polar surface area (TPSA) is 93.3 Å². The van der Waals surface area contributed by atoms with E-state index >= 15 is 0 Å². The maximum absolute atomic E-state index is 13.3. The molecule has 0 radical (unpaired) electrons. The minimum Gasteiger partial charge on any atom is -0.364 e. The summed E-state index contributed by atoms with van der Waals surface area (Å²) >= 11 is 12.2. The van der Waals surface area contributed by atoms with E-state index in [9.17, 15) is 9.59 Å². The molecular formula is C26H21Cl2N5O3. The average Bonchev–Trinajstić information content (AvgIpc) is 3.44. The first-order valence-electron chi connectivity index (χ1n) is 11.6. The number of hydrogen-bond acceptors (Lipinski definition) is 5. The molecule has 0 saturated heterocycles. The fourth-order valence-electron chi connectivity index (χ4n) is 4.89. The molecule has 1 unspecified atom stereocenters. The van der Waals surface area contributed by atoms with Crippen LogP contribution in [0.3, 0.4) is 0 Å². The Kier molecular flexibility index (Phi) is 5.78. The number of anilines is 1. The van der Waals surface area contributed by atoms with Gasteiger partial charge in [0.15, 0.2) is 0 Å². The Hall–Kier alpha value is -3.62. The van der Waals surface area contributed by atoms with Gasteiger partial charge in [0.2, 0.25) is 5.91 Å². The molecule has 4 heterocycles. The number of aromatic nitrogens is 3. The molecule has 0 spiro atoms. The van der Waals surface area contributed by atoms with Gasteiger partial charge in [0.25, 0.3) is 5.91 Å². The fourth-order valence-corrected chi connectivity index (χ4v) is 5.18. The summed E-state index contributed by atoms with van der Waals surface area (Å²) in [6, 6.07) is 14.3. The third-order valence-electron chi connectivity index (χ3n) is 6.69. The maximum atomic E-state index is 13.3. The van der Waals surface area contributed by atoms with Crippen LogP contribution in [0.25, 0.3) is 11.4 Å². The minimum absolute atomic E-state index is 0.0916. The lowest BCUT2D eigenvalue weighted by Gasteiger charge is -2.27. The van der Waals surface area contributed by atoms with Gasteiger partial charge in [-0.2, -0.15) is 5.10 Å². The predicted octanol–water partition coefficient (Wildman–Crippen LogP) is 4.85. The van der Waals surface area contributed by atoms with Crippen LogP contribution in [0.15, 0.2) is 59.3 Å². The van der Waals surface area contributed by atoms with E-state index in [2.05, 4.69) is 10.5 Å². The first kappa shape index (κ1) is 22.8. The Balaban J connectivity index is 1.31. The maximum Gasteiger partial charge on any atom is 0.254 e. The van der Waals surface area contributed by atoms with E-state index in [0.717, 1.165) is 28.2 Å². The first-order chi connectivity index (χ1) is 17.5. The highest BCUT2D eigenvalue weighted by molar-refractivity contribution is 6.42. The second kappa shape index (κ2) is 9.11. The first-order valence-corrected chi connectivity index (χ1v) is 12.4. The van der Waals surface area contributed by atoms with E-state index in [4.69, 9.17) is 32.8 Å². The van der Waals surface area contributed by atoms with E-state index in [0.29, 0.717) is 53.8 Å². The van der Waals surface area contributed by atoms with Gasteiger partial charge in [0.05, 0.1) is 40.4 Å². The lowest BCUT2D eigenvalue weighted by Crippen LogP contribution is -2.36. The van der Waals surface area contributed by atoms with Crippen LogP contribution in [0.2, 0.25) is 10.0 Å². The Morgan fingerprint density at radius 3 is 2.72 bits per heavy atom. The van der Waals surface area contributed by atoms with Crippen LogP contribution in [0.5, 0.6) is 0 Å². The zero-order valence-corrected chi connectivity index (χ0v) is 20.6. The van der Waals surface area contributed by atoms with Crippen molar-refractivity contribution in [3.8, 4) is 11.4 Å². The normalized spacial score (nSPS) is 16.5. The van der Waals surface area contributed by atoms with Crippen molar-refractivity contribution in [2.45, 2.75) is 25.9 Å². The van der Waals surface area contributed by atoms with Crippen LogP contribution in [0.4, 0.5) is 5.69 Å². The van der Waals surface area contributed by atoms with Crippen molar-refractivity contribution >= 4 is 40.7 Å². The second-order valence-corrected chi connectivity index (χ2v) is 9.82. The van der Waals surface area contributed by atoms with Crippen molar-refractivity contribution in [3.05, 3.63) is 87.2 Å². The number of carbonyl (C=O) groups is 2. The largest absolute Gasteiger partial charge is 0.364 e. The number of amides is 2. The standard InChI is InChI=1S/C26H21Cl2N5O3/c27-20-7-6-15(11-21(20)28)26(35)32-9-8-22-19(13-32)24-23-17(14-36-31-23)10-16(12-33(24)30-22)25(34)29-18-4-2-1-3-5-18/h1-7,11,14,16H,8-10,12-13H2,(H,29,34). The molecular weight excluding hydrogens is 501 g/mol.